The summed E-state index contributed by atoms with van der Waals surface area (Å²) in [5.41, 5.74) is 10.3. The van der Waals surface area contributed by atoms with Gasteiger partial charge < -0.3 is 10.4 Å². The first-order chi connectivity index (χ1) is 16.7. The number of rotatable bonds is 5. The molecular formula is C31H39ClFNO. The van der Waals surface area contributed by atoms with E-state index in [4.69, 9.17) is 11.6 Å². The van der Waals surface area contributed by atoms with Crippen molar-refractivity contribution in [2.45, 2.75) is 60.3 Å². The van der Waals surface area contributed by atoms with Crippen molar-refractivity contribution in [1.82, 2.24) is 5.32 Å². The average molecular weight is 496 g/mol. The van der Waals surface area contributed by atoms with Crippen LogP contribution in [-0.2, 0) is 12.8 Å². The molecule has 0 heterocycles. The Morgan fingerprint density at radius 2 is 1.71 bits per heavy atom. The van der Waals surface area contributed by atoms with Crippen LogP contribution in [0.4, 0.5) is 4.39 Å². The van der Waals surface area contributed by atoms with Gasteiger partial charge in [-0.3, -0.25) is 0 Å². The average Bonchev–Trinajstić information content (AvgIpc) is 2.89. The summed E-state index contributed by atoms with van der Waals surface area (Å²) in [6.45, 7) is 16.4. The summed E-state index contributed by atoms with van der Waals surface area (Å²) in [5.74, 6) is -0.0189. The molecule has 0 aromatic heterocycles. The summed E-state index contributed by atoms with van der Waals surface area (Å²) in [7, 11) is 1.85. The van der Waals surface area contributed by atoms with E-state index in [-0.39, 0.29) is 5.83 Å². The number of hydrogen-bond acceptors (Lipinski definition) is 2. The Morgan fingerprint density at radius 1 is 1.09 bits per heavy atom. The number of phenols is 1. The molecule has 1 aliphatic carbocycles. The second kappa shape index (κ2) is 15.1. The van der Waals surface area contributed by atoms with Crippen molar-refractivity contribution in [2.75, 3.05) is 7.05 Å². The van der Waals surface area contributed by atoms with Crippen molar-refractivity contribution in [3.05, 3.63) is 100 Å². The molecule has 4 heteroatoms. The van der Waals surface area contributed by atoms with Crippen LogP contribution in [0.2, 0.25) is 0 Å². The van der Waals surface area contributed by atoms with Crippen LogP contribution in [0, 0.1) is 0 Å². The van der Waals surface area contributed by atoms with E-state index in [0.717, 1.165) is 28.8 Å². The predicted molar refractivity (Wildman–Crippen MR) is 151 cm³/mol. The minimum atomic E-state index is -0.337. The van der Waals surface area contributed by atoms with Gasteiger partial charge in [0.15, 0.2) is 0 Å². The summed E-state index contributed by atoms with van der Waals surface area (Å²) in [5, 5.41) is 13.7. The van der Waals surface area contributed by atoms with Gasteiger partial charge in [0, 0.05) is 34.5 Å². The highest BCUT2D eigenvalue weighted by Gasteiger charge is 2.13. The van der Waals surface area contributed by atoms with E-state index in [9.17, 15) is 9.50 Å². The number of hydrogen-bond donors (Lipinski definition) is 2. The number of phenolic OH excluding ortho intramolecular Hbond substituents is 1. The van der Waals surface area contributed by atoms with Gasteiger partial charge in [0.2, 0.25) is 0 Å². The van der Waals surface area contributed by atoms with Gasteiger partial charge in [-0.05, 0) is 86.9 Å². The highest BCUT2D eigenvalue weighted by molar-refractivity contribution is 6.30. The van der Waals surface area contributed by atoms with Crippen LogP contribution in [-0.4, -0.2) is 12.2 Å². The van der Waals surface area contributed by atoms with E-state index in [1.54, 1.807) is 26.8 Å². The maximum Gasteiger partial charge on any atom is 0.128 e. The Hall–Kier alpha value is -3.00. The number of aryl methyl sites for hydroxylation is 2. The number of aromatic hydroxyl groups is 1. The molecule has 2 nitrogen and oxygen atoms in total. The maximum absolute atomic E-state index is 13.1. The third kappa shape index (κ3) is 8.31. The first-order valence-electron chi connectivity index (χ1n) is 12.1. The van der Waals surface area contributed by atoms with Crippen LogP contribution in [0.15, 0.2) is 83.4 Å². The topological polar surface area (TPSA) is 32.3 Å². The third-order valence-corrected chi connectivity index (χ3v) is 5.97. The van der Waals surface area contributed by atoms with Crippen LogP contribution in [0.5, 0.6) is 5.75 Å². The minimum absolute atomic E-state index is 0.318. The molecular weight excluding hydrogens is 457 g/mol. The minimum Gasteiger partial charge on any atom is -0.507 e. The van der Waals surface area contributed by atoms with Gasteiger partial charge in [0.05, 0.1) is 0 Å². The molecule has 2 aromatic carbocycles. The quantitative estimate of drug-likeness (QED) is 0.320. The normalized spacial score (nSPS) is 13.0. The molecule has 0 saturated carbocycles. The van der Waals surface area contributed by atoms with Gasteiger partial charge >= 0.3 is 0 Å². The van der Waals surface area contributed by atoms with Gasteiger partial charge in [0.25, 0.3) is 0 Å². The lowest BCUT2D eigenvalue weighted by molar-refractivity contribution is 0.477. The smallest absolute Gasteiger partial charge is 0.128 e. The molecule has 0 saturated heterocycles. The molecule has 0 unspecified atom stereocenters. The third-order valence-electron chi connectivity index (χ3n) is 5.78. The van der Waals surface area contributed by atoms with Crippen LogP contribution in [0.1, 0.15) is 64.2 Å². The second-order valence-corrected chi connectivity index (χ2v) is 8.56. The zero-order chi connectivity index (χ0) is 26.5. The van der Waals surface area contributed by atoms with E-state index < -0.39 is 0 Å². The number of fused-ring (bicyclic) bond motifs is 1. The van der Waals surface area contributed by atoms with Crippen LogP contribution in [0.3, 0.4) is 0 Å². The summed E-state index contributed by atoms with van der Waals surface area (Å²) >= 11 is 5.70. The Morgan fingerprint density at radius 3 is 2.26 bits per heavy atom. The van der Waals surface area contributed by atoms with Crippen molar-refractivity contribution in [3.63, 3.8) is 0 Å². The summed E-state index contributed by atoms with van der Waals surface area (Å²) in [6.07, 6.45) is 6.24. The van der Waals surface area contributed by atoms with Gasteiger partial charge in [-0.15, -0.1) is 5.73 Å². The molecule has 0 radical (unpaired) electrons. The highest BCUT2D eigenvalue weighted by Crippen LogP contribution is 2.34. The zero-order valence-corrected chi connectivity index (χ0v) is 22.7. The summed E-state index contributed by atoms with van der Waals surface area (Å²) in [4.78, 5) is 0. The van der Waals surface area contributed by atoms with Crippen molar-refractivity contribution in [1.29, 1.82) is 0 Å². The molecule has 0 amide bonds. The van der Waals surface area contributed by atoms with Crippen molar-refractivity contribution in [2.24, 2.45) is 0 Å². The van der Waals surface area contributed by atoms with Crippen molar-refractivity contribution in [3.8, 4) is 16.9 Å². The molecule has 35 heavy (non-hydrogen) atoms. The van der Waals surface area contributed by atoms with Crippen LogP contribution in [0.25, 0.3) is 16.8 Å². The molecule has 2 aromatic rings. The molecule has 1 aliphatic rings. The summed E-state index contributed by atoms with van der Waals surface area (Å²) < 4.78 is 13.1. The second-order valence-electron chi connectivity index (χ2n) is 8.00. The first kappa shape index (κ1) is 30.0. The fourth-order valence-electron chi connectivity index (χ4n) is 3.84. The number of allylic oxidation sites excluding steroid dienone is 5. The monoisotopic (exact) mass is 495 g/mol. The van der Waals surface area contributed by atoms with E-state index in [1.807, 2.05) is 33.0 Å². The lowest BCUT2D eigenvalue weighted by Gasteiger charge is -2.17. The SMILES string of the molecule is C=C(NC)c1ccc(O)c(-c2ccc3c(c2)CCCC3)c1.C=C=C(C)C(/C(F)=C\C)=C(/C)Cl.CC. The molecule has 3 rings (SSSR count). The zero-order valence-electron chi connectivity index (χ0n) is 22.0. The lowest BCUT2D eigenvalue weighted by atomic mass is 9.88. The Kier molecular flexibility index (Phi) is 12.9. The Labute approximate surface area is 216 Å². The first-order valence-corrected chi connectivity index (χ1v) is 12.5. The van der Waals surface area contributed by atoms with Gasteiger partial charge in [-0.25, -0.2) is 4.39 Å². The van der Waals surface area contributed by atoms with Gasteiger partial charge in [-0.2, -0.15) is 0 Å². The van der Waals surface area contributed by atoms with Gasteiger partial charge in [-0.1, -0.05) is 62.9 Å². The molecule has 2 N–H and O–H groups in total. The van der Waals surface area contributed by atoms with E-state index in [2.05, 4.69) is 42.4 Å². The van der Waals surface area contributed by atoms with E-state index >= 15 is 0 Å². The summed E-state index contributed by atoms with van der Waals surface area (Å²) in [6, 6.07) is 12.2. The number of nitrogens with one attached hydrogen (secondary N) is 1. The highest BCUT2D eigenvalue weighted by atomic mass is 35.5. The van der Waals surface area contributed by atoms with E-state index in [0.29, 0.717) is 21.9 Å². The number of halogens is 2. The van der Waals surface area contributed by atoms with Crippen LogP contribution >= 0.6 is 11.6 Å². The lowest BCUT2D eigenvalue weighted by Crippen LogP contribution is -2.03. The Bertz CT molecular complexity index is 1130. The molecule has 0 atom stereocenters. The Balaban J connectivity index is 0.000000376. The number of benzene rings is 2. The van der Waals surface area contributed by atoms with Crippen molar-refractivity contribution < 1.29 is 9.50 Å². The van der Waals surface area contributed by atoms with Crippen LogP contribution < -0.4 is 5.32 Å². The van der Waals surface area contributed by atoms with E-state index in [1.165, 1.54) is 36.5 Å². The molecule has 0 aliphatic heterocycles. The molecule has 188 valence electrons. The largest absolute Gasteiger partial charge is 0.507 e. The standard InChI is InChI=1S/C19H21NO.C10H12ClF.C2H6/c1-13(20-2)15-9-10-19(21)18(12-15)17-8-7-14-5-3-4-6-16(14)11-17;1-5-7(3)10(8(4)11)9(12)6-2;1-2/h7-12,20-21H,1,3-6H2,2H3;6H,1H2,2-4H3;1-2H3/b;9-6+,10-8+;. The molecule has 0 fully saturated rings. The molecule has 0 spiro atoms. The van der Waals surface area contributed by atoms with Gasteiger partial charge in [0.1, 0.15) is 11.6 Å². The van der Waals surface area contributed by atoms with Crippen molar-refractivity contribution >= 4 is 17.3 Å². The maximum atomic E-state index is 13.1. The fourth-order valence-corrected chi connectivity index (χ4v) is 4.07. The predicted octanol–water partition coefficient (Wildman–Crippen LogP) is 9.26. The molecule has 0 bridgehead atoms. The fraction of sp³-hybridized carbons (Fsp3) is 0.323.